The quantitative estimate of drug-likeness (QED) is 0.231. The summed E-state index contributed by atoms with van der Waals surface area (Å²) in [6.07, 6.45) is 5.37. The average molecular weight is 608 g/mol. The monoisotopic (exact) mass is 607 g/mol. The number of aromatic nitrogens is 1. The van der Waals surface area contributed by atoms with Crippen LogP contribution in [0.15, 0.2) is 69.6 Å². The number of amides is 1. The number of unbranched alkanes of at least 4 members (excludes halogenated alkanes) is 4. The standard InChI is InChI=1S/C32H34ClN3O5S/c1-4-5-6-7-12-17-35-24-16-11-9-14-22(24)26(29(35)37)28-30(38)36-27(21-13-8-10-15-23(21)33)25(20(2)34-32(36)42-28)31(39)41-19-18-40-3/h8-11,13-16,27H,4-7,12,17-19H2,1-3H3/b28-26-/t27-/m0/s1. The number of hydrogen-bond acceptors (Lipinski definition) is 7. The van der Waals surface area contributed by atoms with Crippen LogP contribution in [0.3, 0.4) is 0 Å². The van der Waals surface area contributed by atoms with Gasteiger partial charge in [0.25, 0.3) is 11.5 Å². The molecule has 0 saturated heterocycles. The van der Waals surface area contributed by atoms with Gasteiger partial charge in [-0.25, -0.2) is 9.79 Å². The Morgan fingerprint density at radius 1 is 1.02 bits per heavy atom. The number of benzene rings is 2. The molecule has 2 aromatic carbocycles. The van der Waals surface area contributed by atoms with Crippen LogP contribution in [0.25, 0.3) is 5.57 Å². The number of ether oxygens (including phenoxy) is 2. The molecule has 3 heterocycles. The summed E-state index contributed by atoms with van der Waals surface area (Å²) in [6, 6.07) is 13.8. The van der Waals surface area contributed by atoms with E-state index >= 15 is 0 Å². The van der Waals surface area contributed by atoms with E-state index in [1.54, 1.807) is 36.1 Å². The molecule has 0 bridgehead atoms. The molecule has 220 valence electrons. The maximum atomic E-state index is 14.3. The first-order valence-corrected chi connectivity index (χ1v) is 15.4. The number of anilines is 1. The fourth-order valence-corrected chi connectivity index (χ4v) is 6.89. The lowest BCUT2D eigenvalue weighted by molar-refractivity contribution is -0.140. The molecule has 10 heteroatoms. The van der Waals surface area contributed by atoms with Crippen molar-refractivity contribution in [3.05, 3.63) is 95.6 Å². The molecule has 0 saturated carbocycles. The first-order valence-electron chi connectivity index (χ1n) is 14.3. The number of hydrogen-bond donors (Lipinski definition) is 0. The molecule has 1 amide bonds. The molecule has 0 N–H and O–H groups in total. The Morgan fingerprint density at radius 3 is 2.52 bits per heavy atom. The van der Waals surface area contributed by atoms with Crippen molar-refractivity contribution in [2.24, 2.45) is 4.99 Å². The fourth-order valence-electron chi connectivity index (χ4n) is 5.51. The SMILES string of the molecule is CCCCCCCN1C(=O)/C(=c2\sc3n(c2=O)[C@@H](c2ccccc2Cl)C(C(=O)OCCOC)=C(C)N=3)c2ccccc21. The average Bonchev–Trinajstić information content (AvgIpc) is 3.44. The minimum absolute atomic E-state index is 0.0511. The van der Waals surface area contributed by atoms with Crippen LogP contribution >= 0.6 is 22.9 Å². The topological polar surface area (TPSA) is 90.2 Å². The molecule has 1 aromatic heterocycles. The van der Waals surface area contributed by atoms with Crippen LogP contribution < -0.4 is 19.8 Å². The molecular formula is C32H34ClN3O5S. The lowest BCUT2D eigenvalue weighted by atomic mass is 9.96. The molecule has 8 nitrogen and oxygen atoms in total. The maximum Gasteiger partial charge on any atom is 0.338 e. The minimum Gasteiger partial charge on any atom is -0.460 e. The Labute approximate surface area is 253 Å². The van der Waals surface area contributed by atoms with Crippen molar-refractivity contribution in [1.82, 2.24) is 4.57 Å². The zero-order chi connectivity index (χ0) is 29.8. The molecule has 2 aliphatic heterocycles. The van der Waals surface area contributed by atoms with Crippen LogP contribution in [0.1, 0.15) is 63.1 Å². The van der Waals surface area contributed by atoms with Gasteiger partial charge in [0.1, 0.15) is 17.2 Å². The summed E-state index contributed by atoms with van der Waals surface area (Å²) in [5.41, 5.74) is 2.71. The van der Waals surface area contributed by atoms with Crippen LogP contribution in [0.5, 0.6) is 0 Å². The molecule has 5 rings (SSSR count). The number of fused-ring (bicyclic) bond motifs is 2. The minimum atomic E-state index is -0.874. The van der Waals surface area contributed by atoms with Crippen molar-refractivity contribution >= 4 is 46.1 Å². The van der Waals surface area contributed by atoms with Gasteiger partial charge in [0, 0.05) is 24.2 Å². The van der Waals surface area contributed by atoms with Gasteiger partial charge >= 0.3 is 5.97 Å². The summed E-state index contributed by atoms with van der Waals surface area (Å²) in [5, 5.41) is 0.397. The van der Waals surface area contributed by atoms with Gasteiger partial charge in [0.2, 0.25) is 0 Å². The molecule has 0 radical (unpaired) electrons. The highest BCUT2D eigenvalue weighted by atomic mass is 35.5. The highest BCUT2D eigenvalue weighted by Crippen LogP contribution is 2.37. The molecule has 0 unspecified atom stereocenters. The Hall–Kier alpha value is -3.53. The van der Waals surface area contributed by atoms with Gasteiger partial charge in [-0.15, -0.1) is 0 Å². The van der Waals surface area contributed by atoms with Crippen molar-refractivity contribution in [2.45, 2.75) is 52.0 Å². The van der Waals surface area contributed by atoms with Crippen molar-refractivity contribution in [1.29, 1.82) is 0 Å². The van der Waals surface area contributed by atoms with Crippen LogP contribution in [0, 0.1) is 0 Å². The van der Waals surface area contributed by atoms with E-state index in [9.17, 15) is 14.4 Å². The van der Waals surface area contributed by atoms with E-state index in [0.29, 0.717) is 37.7 Å². The second-order valence-corrected chi connectivity index (χ2v) is 11.7. The van der Waals surface area contributed by atoms with Crippen molar-refractivity contribution < 1.29 is 19.1 Å². The molecule has 1 atom stereocenters. The lowest BCUT2D eigenvalue weighted by Crippen LogP contribution is -2.41. The number of thiazole rings is 1. The Morgan fingerprint density at radius 2 is 1.76 bits per heavy atom. The van der Waals surface area contributed by atoms with Crippen molar-refractivity contribution in [3.8, 4) is 0 Å². The van der Waals surface area contributed by atoms with E-state index in [-0.39, 0.29) is 24.7 Å². The molecule has 0 fully saturated rings. The maximum absolute atomic E-state index is 14.3. The summed E-state index contributed by atoms with van der Waals surface area (Å²) in [7, 11) is 1.52. The van der Waals surface area contributed by atoms with Crippen LogP contribution in [0.2, 0.25) is 5.02 Å². The number of para-hydroxylation sites is 1. The number of esters is 1. The highest BCUT2D eigenvalue weighted by molar-refractivity contribution is 7.07. The second kappa shape index (κ2) is 13.2. The van der Waals surface area contributed by atoms with Gasteiger partial charge in [-0.1, -0.05) is 91.9 Å². The number of rotatable bonds is 11. The number of nitrogens with zero attached hydrogens (tertiary/aromatic N) is 3. The summed E-state index contributed by atoms with van der Waals surface area (Å²) >= 11 is 7.80. The third-order valence-corrected chi connectivity index (χ3v) is 8.97. The lowest BCUT2D eigenvalue weighted by Gasteiger charge is -2.25. The smallest absolute Gasteiger partial charge is 0.338 e. The number of allylic oxidation sites excluding steroid dienone is 1. The highest BCUT2D eigenvalue weighted by Gasteiger charge is 2.37. The van der Waals surface area contributed by atoms with Gasteiger partial charge in [-0.2, -0.15) is 0 Å². The third-order valence-electron chi connectivity index (χ3n) is 7.57. The van der Waals surface area contributed by atoms with Crippen LogP contribution in [-0.2, 0) is 19.1 Å². The Bertz CT molecular complexity index is 1720. The molecular weight excluding hydrogens is 574 g/mol. The van der Waals surface area contributed by atoms with E-state index in [1.807, 2.05) is 24.3 Å². The first-order chi connectivity index (χ1) is 20.4. The number of carbonyl (C=O) groups excluding carboxylic acids is 2. The van der Waals surface area contributed by atoms with Crippen LogP contribution in [-0.4, -0.2) is 43.3 Å². The van der Waals surface area contributed by atoms with Gasteiger partial charge in [0.15, 0.2) is 4.80 Å². The second-order valence-electron chi connectivity index (χ2n) is 10.3. The fraction of sp³-hybridized carbons (Fsp3) is 0.375. The van der Waals surface area contributed by atoms with Crippen LogP contribution in [0.4, 0.5) is 5.69 Å². The summed E-state index contributed by atoms with van der Waals surface area (Å²) in [6.45, 7) is 4.76. The molecule has 2 aliphatic rings. The Balaban J connectivity index is 1.65. The molecule has 42 heavy (non-hydrogen) atoms. The van der Waals surface area contributed by atoms with Crippen molar-refractivity contribution in [2.75, 3.05) is 31.8 Å². The summed E-state index contributed by atoms with van der Waals surface area (Å²) in [5.74, 6) is -0.797. The summed E-state index contributed by atoms with van der Waals surface area (Å²) in [4.78, 5) is 48.4. The zero-order valence-corrected chi connectivity index (χ0v) is 25.6. The van der Waals surface area contributed by atoms with Gasteiger partial charge in [-0.05, 0) is 31.0 Å². The van der Waals surface area contributed by atoms with Gasteiger partial charge in [-0.3, -0.25) is 14.2 Å². The summed E-state index contributed by atoms with van der Waals surface area (Å²) < 4.78 is 12.3. The van der Waals surface area contributed by atoms with E-state index in [1.165, 1.54) is 18.1 Å². The number of methoxy groups -OCH3 is 1. The van der Waals surface area contributed by atoms with E-state index in [0.717, 1.165) is 48.3 Å². The first kappa shape index (κ1) is 29.9. The van der Waals surface area contributed by atoms with E-state index in [4.69, 9.17) is 21.1 Å². The normalized spacial score (nSPS) is 17.3. The van der Waals surface area contributed by atoms with Crippen molar-refractivity contribution in [3.63, 3.8) is 0 Å². The molecule has 0 spiro atoms. The molecule has 0 aliphatic carbocycles. The number of halogens is 1. The van der Waals surface area contributed by atoms with E-state index in [2.05, 4.69) is 11.9 Å². The zero-order valence-electron chi connectivity index (χ0n) is 24.0. The Kier molecular flexibility index (Phi) is 9.40. The largest absolute Gasteiger partial charge is 0.460 e. The predicted molar refractivity (Wildman–Crippen MR) is 165 cm³/mol. The van der Waals surface area contributed by atoms with Gasteiger partial charge < -0.3 is 14.4 Å². The molecule has 3 aromatic rings. The number of carbonyl (C=O) groups is 2. The predicted octanol–water partition coefficient (Wildman–Crippen LogP) is 4.77. The van der Waals surface area contributed by atoms with E-state index < -0.39 is 17.6 Å². The van der Waals surface area contributed by atoms with Gasteiger partial charge in [0.05, 0.1) is 29.1 Å². The third kappa shape index (κ3) is 5.61.